The number of aldehydes is 1. The van der Waals surface area contributed by atoms with Crippen molar-refractivity contribution in [3.63, 3.8) is 0 Å². The molecule has 0 N–H and O–H groups in total. The van der Waals surface area contributed by atoms with Crippen molar-refractivity contribution in [1.29, 1.82) is 0 Å². The number of allylic oxidation sites excluding steroid dienone is 2. The normalized spacial score (nSPS) is 13.6. The highest BCUT2D eigenvalue weighted by atomic mass is 16.1. The SMILES string of the molecule is CCC=CCCC(C)CC=O. The van der Waals surface area contributed by atoms with Crippen molar-refractivity contribution < 1.29 is 4.79 Å². The van der Waals surface area contributed by atoms with E-state index in [9.17, 15) is 4.79 Å². The Morgan fingerprint density at radius 3 is 2.64 bits per heavy atom. The van der Waals surface area contributed by atoms with Crippen LogP contribution in [0.25, 0.3) is 0 Å². The van der Waals surface area contributed by atoms with Crippen LogP contribution in [0.3, 0.4) is 0 Å². The summed E-state index contributed by atoms with van der Waals surface area (Å²) in [5, 5.41) is 0. The van der Waals surface area contributed by atoms with Crippen molar-refractivity contribution in [2.24, 2.45) is 5.92 Å². The number of hydrogen-bond donors (Lipinski definition) is 0. The van der Waals surface area contributed by atoms with E-state index >= 15 is 0 Å². The molecule has 11 heavy (non-hydrogen) atoms. The average Bonchev–Trinajstić information content (AvgIpc) is 1.99. The van der Waals surface area contributed by atoms with Gasteiger partial charge in [-0.05, 0) is 25.2 Å². The van der Waals surface area contributed by atoms with Crippen LogP contribution in [0.15, 0.2) is 12.2 Å². The molecule has 0 amide bonds. The maximum absolute atomic E-state index is 10.1. The van der Waals surface area contributed by atoms with Crippen LogP contribution in [0.1, 0.15) is 39.5 Å². The lowest BCUT2D eigenvalue weighted by Gasteiger charge is -2.03. The van der Waals surface area contributed by atoms with E-state index in [-0.39, 0.29) is 0 Å². The smallest absolute Gasteiger partial charge is 0.120 e. The Morgan fingerprint density at radius 1 is 1.36 bits per heavy atom. The van der Waals surface area contributed by atoms with Crippen LogP contribution in [0.5, 0.6) is 0 Å². The van der Waals surface area contributed by atoms with Gasteiger partial charge in [-0.2, -0.15) is 0 Å². The molecule has 0 aliphatic rings. The third kappa shape index (κ3) is 7.31. The number of carbonyl (C=O) groups is 1. The summed E-state index contributed by atoms with van der Waals surface area (Å²) in [7, 11) is 0. The lowest BCUT2D eigenvalue weighted by Crippen LogP contribution is -1.93. The first-order chi connectivity index (χ1) is 5.31. The van der Waals surface area contributed by atoms with Gasteiger partial charge in [0.1, 0.15) is 6.29 Å². The minimum atomic E-state index is 0.550. The highest BCUT2D eigenvalue weighted by Crippen LogP contribution is 2.08. The van der Waals surface area contributed by atoms with E-state index in [4.69, 9.17) is 0 Å². The van der Waals surface area contributed by atoms with Crippen molar-refractivity contribution in [2.75, 3.05) is 0 Å². The minimum Gasteiger partial charge on any atom is -0.303 e. The molecule has 0 bridgehead atoms. The van der Waals surface area contributed by atoms with Crippen molar-refractivity contribution >= 4 is 6.29 Å². The Balaban J connectivity index is 3.22. The molecule has 0 aromatic carbocycles. The molecule has 64 valence electrons. The number of rotatable bonds is 6. The minimum absolute atomic E-state index is 0.550. The van der Waals surface area contributed by atoms with Gasteiger partial charge in [-0.1, -0.05) is 26.0 Å². The molecule has 0 radical (unpaired) electrons. The lowest BCUT2D eigenvalue weighted by atomic mass is 10.0. The summed E-state index contributed by atoms with van der Waals surface area (Å²) in [6, 6.07) is 0. The fraction of sp³-hybridized carbons (Fsp3) is 0.700. The molecule has 1 atom stereocenters. The Bertz CT molecular complexity index is 116. The molecule has 0 aromatic heterocycles. The van der Waals surface area contributed by atoms with E-state index in [2.05, 4.69) is 26.0 Å². The van der Waals surface area contributed by atoms with E-state index < -0.39 is 0 Å². The van der Waals surface area contributed by atoms with Gasteiger partial charge in [-0.3, -0.25) is 0 Å². The summed E-state index contributed by atoms with van der Waals surface area (Å²) in [5.41, 5.74) is 0. The molecule has 0 heterocycles. The monoisotopic (exact) mass is 154 g/mol. The zero-order chi connectivity index (χ0) is 8.53. The Labute approximate surface area is 69.5 Å². The second-order valence-electron chi connectivity index (χ2n) is 2.96. The number of carbonyl (C=O) groups excluding carboxylic acids is 1. The standard InChI is InChI=1S/C10H18O/c1-3-4-5-6-7-10(2)8-9-11/h4-5,9-10H,3,6-8H2,1-2H3. The Morgan fingerprint density at radius 2 is 2.09 bits per heavy atom. The predicted octanol–water partition coefficient (Wildman–Crippen LogP) is 2.96. The molecule has 0 aliphatic carbocycles. The highest BCUT2D eigenvalue weighted by molar-refractivity contribution is 5.49. The molecule has 1 unspecified atom stereocenters. The zero-order valence-corrected chi connectivity index (χ0v) is 7.55. The van der Waals surface area contributed by atoms with Gasteiger partial charge < -0.3 is 4.79 Å². The molecule has 1 nitrogen and oxygen atoms in total. The number of hydrogen-bond acceptors (Lipinski definition) is 1. The molecule has 0 aliphatic heterocycles. The van der Waals surface area contributed by atoms with Crippen LogP contribution in [0.4, 0.5) is 0 Å². The first-order valence-corrected chi connectivity index (χ1v) is 4.39. The van der Waals surface area contributed by atoms with Crippen molar-refractivity contribution in [2.45, 2.75) is 39.5 Å². The first-order valence-electron chi connectivity index (χ1n) is 4.39. The van der Waals surface area contributed by atoms with Crippen LogP contribution in [0, 0.1) is 5.92 Å². The predicted molar refractivity (Wildman–Crippen MR) is 48.5 cm³/mol. The van der Waals surface area contributed by atoms with Gasteiger partial charge in [0.15, 0.2) is 0 Å². The molecule has 0 rings (SSSR count). The first kappa shape index (κ1) is 10.4. The third-order valence-corrected chi connectivity index (χ3v) is 1.73. The van der Waals surface area contributed by atoms with E-state index in [1.54, 1.807) is 0 Å². The fourth-order valence-corrected chi connectivity index (χ4v) is 0.947. The molecular weight excluding hydrogens is 136 g/mol. The molecule has 0 aromatic rings. The van der Waals surface area contributed by atoms with Crippen molar-refractivity contribution in [3.05, 3.63) is 12.2 Å². The topological polar surface area (TPSA) is 17.1 Å². The maximum atomic E-state index is 10.1. The van der Waals surface area contributed by atoms with E-state index in [1.165, 1.54) is 0 Å². The summed E-state index contributed by atoms with van der Waals surface area (Å²) in [5.74, 6) is 0.550. The average molecular weight is 154 g/mol. The summed E-state index contributed by atoms with van der Waals surface area (Å²) in [4.78, 5) is 10.1. The summed E-state index contributed by atoms with van der Waals surface area (Å²) >= 11 is 0. The third-order valence-electron chi connectivity index (χ3n) is 1.73. The van der Waals surface area contributed by atoms with E-state index in [1.807, 2.05) is 0 Å². The van der Waals surface area contributed by atoms with Crippen LogP contribution >= 0.6 is 0 Å². The largest absolute Gasteiger partial charge is 0.303 e. The van der Waals surface area contributed by atoms with Crippen molar-refractivity contribution in [3.8, 4) is 0 Å². The fourth-order valence-electron chi connectivity index (χ4n) is 0.947. The van der Waals surface area contributed by atoms with Gasteiger partial charge in [0.25, 0.3) is 0 Å². The van der Waals surface area contributed by atoms with Gasteiger partial charge >= 0.3 is 0 Å². The second-order valence-corrected chi connectivity index (χ2v) is 2.96. The molecule has 0 fully saturated rings. The Kier molecular flexibility index (Phi) is 7.11. The van der Waals surface area contributed by atoms with Crippen LogP contribution in [-0.4, -0.2) is 6.29 Å². The molecule has 0 saturated carbocycles. The van der Waals surface area contributed by atoms with Crippen LogP contribution in [-0.2, 0) is 4.79 Å². The highest BCUT2D eigenvalue weighted by Gasteiger charge is 1.97. The summed E-state index contributed by atoms with van der Waals surface area (Å²) in [6.45, 7) is 4.25. The van der Waals surface area contributed by atoms with Crippen LogP contribution < -0.4 is 0 Å². The Hall–Kier alpha value is -0.590. The second kappa shape index (κ2) is 7.52. The van der Waals surface area contributed by atoms with E-state index in [0.29, 0.717) is 12.3 Å². The van der Waals surface area contributed by atoms with Gasteiger partial charge in [-0.25, -0.2) is 0 Å². The maximum Gasteiger partial charge on any atom is 0.120 e. The zero-order valence-electron chi connectivity index (χ0n) is 7.55. The summed E-state index contributed by atoms with van der Waals surface area (Å²) < 4.78 is 0. The summed E-state index contributed by atoms with van der Waals surface area (Å²) in [6.07, 6.45) is 9.45. The molecule has 0 spiro atoms. The van der Waals surface area contributed by atoms with Crippen LogP contribution in [0.2, 0.25) is 0 Å². The quantitative estimate of drug-likeness (QED) is 0.424. The van der Waals surface area contributed by atoms with Gasteiger partial charge in [0, 0.05) is 6.42 Å². The van der Waals surface area contributed by atoms with Gasteiger partial charge in [0.05, 0.1) is 0 Å². The molecule has 1 heteroatoms. The molecule has 0 saturated heterocycles. The van der Waals surface area contributed by atoms with Gasteiger partial charge in [-0.15, -0.1) is 0 Å². The van der Waals surface area contributed by atoms with Crippen molar-refractivity contribution in [1.82, 2.24) is 0 Å². The lowest BCUT2D eigenvalue weighted by molar-refractivity contribution is -0.108. The molecular formula is C10H18O. The van der Waals surface area contributed by atoms with Gasteiger partial charge in [0.2, 0.25) is 0 Å². The van der Waals surface area contributed by atoms with E-state index in [0.717, 1.165) is 25.5 Å².